The average Bonchev–Trinajstić information content (AvgIpc) is 2.47. The molecule has 0 atom stereocenters. The van der Waals surface area contributed by atoms with Crippen LogP contribution in [0.25, 0.3) is 0 Å². The van der Waals surface area contributed by atoms with Crippen LogP contribution in [0.2, 0.25) is 0 Å². The molecule has 1 N–H and O–H groups in total. The summed E-state index contributed by atoms with van der Waals surface area (Å²) < 4.78 is 19.3. The molecule has 0 heterocycles. The Kier molecular flexibility index (Phi) is 5.69. The van der Waals surface area contributed by atoms with Crippen LogP contribution >= 0.6 is 0 Å². The van der Waals surface area contributed by atoms with E-state index in [0.717, 1.165) is 5.56 Å². The first-order valence-corrected chi connectivity index (χ1v) is 7.60. The van der Waals surface area contributed by atoms with Crippen LogP contribution in [0.5, 0.6) is 0 Å². The van der Waals surface area contributed by atoms with Crippen molar-refractivity contribution in [2.45, 2.75) is 46.1 Å². The molecular formula is C19H24FNO. The zero-order chi connectivity index (χ0) is 16.0. The minimum atomic E-state index is -0.165. The monoisotopic (exact) mass is 301 g/mol. The van der Waals surface area contributed by atoms with Crippen molar-refractivity contribution < 1.29 is 9.13 Å². The van der Waals surface area contributed by atoms with E-state index in [-0.39, 0.29) is 11.4 Å². The van der Waals surface area contributed by atoms with Crippen LogP contribution in [-0.2, 0) is 24.4 Å². The number of rotatable bonds is 6. The summed E-state index contributed by atoms with van der Waals surface area (Å²) in [5.74, 6) is -0.165. The normalized spacial score (nSPS) is 11.6. The maximum Gasteiger partial charge on any atom is 0.127 e. The first-order valence-electron chi connectivity index (χ1n) is 7.60. The van der Waals surface area contributed by atoms with E-state index in [2.05, 4.69) is 23.5 Å². The van der Waals surface area contributed by atoms with Gasteiger partial charge in [0.2, 0.25) is 0 Å². The first-order chi connectivity index (χ1) is 10.4. The topological polar surface area (TPSA) is 21.3 Å². The van der Waals surface area contributed by atoms with Gasteiger partial charge >= 0.3 is 0 Å². The third kappa shape index (κ3) is 5.58. The fraction of sp³-hybridized carbons (Fsp3) is 0.368. The maximum absolute atomic E-state index is 13.5. The molecule has 118 valence electrons. The largest absolute Gasteiger partial charge is 0.371 e. The summed E-state index contributed by atoms with van der Waals surface area (Å²) in [5.41, 5.74) is 2.88. The van der Waals surface area contributed by atoms with E-state index in [1.54, 1.807) is 12.1 Å². The number of hydrogen-bond donors (Lipinski definition) is 1. The molecule has 0 spiro atoms. The summed E-state index contributed by atoms with van der Waals surface area (Å²) in [7, 11) is 0. The molecule has 0 fully saturated rings. The second kappa shape index (κ2) is 7.52. The van der Waals surface area contributed by atoms with Crippen molar-refractivity contribution in [2.24, 2.45) is 0 Å². The van der Waals surface area contributed by atoms with Gasteiger partial charge in [-0.05, 0) is 38.0 Å². The Labute approximate surface area is 132 Å². The van der Waals surface area contributed by atoms with Crippen LogP contribution in [0.3, 0.4) is 0 Å². The molecule has 0 saturated heterocycles. The number of halogens is 1. The predicted molar refractivity (Wildman–Crippen MR) is 87.9 cm³/mol. The summed E-state index contributed by atoms with van der Waals surface area (Å²) in [5, 5.41) is 3.28. The van der Waals surface area contributed by atoms with Crippen molar-refractivity contribution in [3.63, 3.8) is 0 Å². The highest BCUT2D eigenvalue weighted by atomic mass is 19.1. The molecule has 0 aliphatic carbocycles. The molecule has 0 aliphatic heterocycles. The lowest BCUT2D eigenvalue weighted by atomic mass is 10.1. The molecule has 0 unspecified atom stereocenters. The number of benzene rings is 2. The standard InChI is InChI=1S/C19H24FNO/c1-19(2,3)22-14-16-8-6-7-15(11-16)12-21-13-17-9-4-5-10-18(17)20/h4-11,21H,12-14H2,1-3H3. The van der Waals surface area contributed by atoms with Gasteiger partial charge in [-0.1, -0.05) is 42.5 Å². The average molecular weight is 301 g/mol. The smallest absolute Gasteiger partial charge is 0.127 e. The minimum Gasteiger partial charge on any atom is -0.371 e. The Hall–Kier alpha value is -1.71. The number of nitrogens with one attached hydrogen (secondary N) is 1. The van der Waals surface area contributed by atoms with Gasteiger partial charge < -0.3 is 10.1 Å². The van der Waals surface area contributed by atoms with E-state index in [9.17, 15) is 4.39 Å². The summed E-state index contributed by atoms with van der Waals surface area (Å²) >= 11 is 0. The highest BCUT2D eigenvalue weighted by Gasteiger charge is 2.10. The lowest BCUT2D eigenvalue weighted by molar-refractivity contribution is -0.0149. The molecule has 0 bridgehead atoms. The van der Waals surface area contributed by atoms with Crippen molar-refractivity contribution in [3.8, 4) is 0 Å². The van der Waals surface area contributed by atoms with E-state index >= 15 is 0 Å². The summed E-state index contributed by atoms with van der Waals surface area (Å²) in [6, 6.07) is 15.1. The van der Waals surface area contributed by atoms with Crippen LogP contribution < -0.4 is 5.32 Å². The van der Waals surface area contributed by atoms with Gasteiger partial charge in [0.05, 0.1) is 12.2 Å². The molecule has 3 heteroatoms. The van der Waals surface area contributed by atoms with Crippen LogP contribution in [0, 0.1) is 5.82 Å². The zero-order valence-corrected chi connectivity index (χ0v) is 13.5. The SMILES string of the molecule is CC(C)(C)OCc1cccc(CNCc2ccccc2F)c1. The highest BCUT2D eigenvalue weighted by molar-refractivity contribution is 5.23. The van der Waals surface area contributed by atoms with Gasteiger partial charge in [0.1, 0.15) is 5.82 Å². The third-order valence-electron chi connectivity index (χ3n) is 3.27. The van der Waals surface area contributed by atoms with Crippen molar-refractivity contribution >= 4 is 0 Å². The van der Waals surface area contributed by atoms with Gasteiger partial charge in [0.15, 0.2) is 0 Å². The summed E-state index contributed by atoms with van der Waals surface area (Å²) in [6.45, 7) is 7.98. The van der Waals surface area contributed by atoms with Crippen LogP contribution in [0.4, 0.5) is 4.39 Å². The Bertz CT molecular complexity index is 604. The molecule has 0 aliphatic rings. The Morgan fingerprint density at radius 1 is 0.955 bits per heavy atom. The van der Waals surface area contributed by atoms with Crippen molar-refractivity contribution in [1.29, 1.82) is 0 Å². The highest BCUT2D eigenvalue weighted by Crippen LogP contribution is 2.13. The molecule has 0 amide bonds. The number of hydrogen-bond acceptors (Lipinski definition) is 2. The molecule has 22 heavy (non-hydrogen) atoms. The molecule has 2 rings (SSSR count). The first kappa shape index (κ1) is 16.7. The Morgan fingerprint density at radius 2 is 1.68 bits per heavy atom. The van der Waals surface area contributed by atoms with Gasteiger partial charge in [-0.3, -0.25) is 0 Å². The van der Waals surface area contributed by atoms with E-state index in [1.165, 1.54) is 11.6 Å². The second-order valence-corrected chi connectivity index (χ2v) is 6.42. The van der Waals surface area contributed by atoms with E-state index in [4.69, 9.17) is 4.74 Å². The molecular weight excluding hydrogens is 277 g/mol. The van der Waals surface area contributed by atoms with Gasteiger partial charge in [0.25, 0.3) is 0 Å². The molecule has 0 saturated carbocycles. The lowest BCUT2D eigenvalue weighted by Crippen LogP contribution is -2.19. The molecule has 2 nitrogen and oxygen atoms in total. The van der Waals surface area contributed by atoms with Crippen LogP contribution in [0.1, 0.15) is 37.5 Å². The van der Waals surface area contributed by atoms with Gasteiger partial charge in [-0.25, -0.2) is 4.39 Å². The molecule has 2 aromatic carbocycles. The molecule has 0 radical (unpaired) electrons. The fourth-order valence-corrected chi connectivity index (χ4v) is 2.11. The predicted octanol–water partition coefficient (Wildman–Crippen LogP) is 4.43. The Balaban J connectivity index is 1.87. The van der Waals surface area contributed by atoms with E-state index in [1.807, 2.05) is 32.9 Å². The zero-order valence-electron chi connectivity index (χ0n) is 13.5. The number of ether oxygens (including phenoxy) is 1. The maximum atomic E-state index is 13.5. The summed E-state index contributed by atoms with van der Waals surface area (Å²) in [6.07, 6.45) is 0. The summed E-state index contributed by atoms with van der Waals surface area (Å²) in [4.78, 5) is 0. The van der Waals surface area contributed by atoms with Gasteiger partial charge in [0, 0.05) is 18.7 Å². The van der Waals surface area contributed by atoms with E-state index in [0.29, 0.717) is 25.3 Å². The quantitative estimate of drug-likeness (QED) is 0.852. The van der Waals surface area contributed by atoms with Crippen LogP contribution in [0.15, 0.2) is 48.5 Å². The van der Waals surface area contributed by atoms with Gasteiger partial charge in [-0.2, -0.15) is 0 Å². The van der Waals surface area contributed by atoms with Crippen molar-refractivity contribution in [2.75, 3.05) is 0 Å². The lowest BCUT2D eigenvalue weighted by Gasteiger charge is -2.19. The van der Waals surface area contributed by atoms with E-state index < -0.39 is 0 Å². The second-order valence-electron chi connectivity index (χ2n) is 6.42. The third-order valence-corrected chi connectivity index (χ3v) is 3.27. The fourth-order valence-electron chi connectivity index (χ4n) is 2.11. The molecule has 0 aromatic heterocycles. The van der Waals surface area contributed by atoms with Crippen LogP contribution in [-0.4, -0.2) is 5.60 Å². The minimum absolute atomic E-state index is 0.140. The molecule has 2 aromatic rings. The Morgan fingerprint density at radius 3 is 2.41 bits per heavy atom. The van der Waals surface area contributed by atoms with Crippen molar-refractivity contribution in [1.82, 2.24) is 5.32 Å². The van der Waals surface area contributed by atoms with Gasteiger partial charge in [-0.15, -0.1) is 0 Å². The van der Waals surface area contributed by atoms with Crippen molar-refractivity contribution in [3.05, 3.63) is 71.0 Å².